The second kappa shape index (κ2) is 7.91. The Balaban J connectivity index is 2.19. The number of carboxylic acid groups (broad SMARTS) is 1. The molecule has 5 nitrogen and oxygen atoms in total. The number of carboxylic acids is 1. The van der Waals surface area contributed by atoms with Crippen LogP contribution in [0.1, 0.15) is 36.5 Å². The molecular formula is C22H21NO4. The van der Waals surface area contributed by atoms with Crippen LogP contribution in [-0.4, -0.2) is 23.6 Å². The van der Waals surface area contributed by atoms with Crippen LogP contribution in [0.15, 0.2) is 54.1 Å². The van der Waals surface area contributed by atoms with Crippen LogP contribution in [0.3, 0.4) is 0 Å². The van der Waals surface area contributed by atoms with E-state index in [0.29, 0.717) is 12.2 Å². The first-order valence-corrected chi connectivity index (χ1v) is 8.77. The fourth-order valence-electron chi connectivity index (χ4n) is 3.46. The molecule has 3 N–H and O–H groups in total. The molecule has 0 aromatic heterocycles. The van der Waals surface area contributed by atoms with Gasteiger partial charge < -0.3 is 15.6 Å². The molecule has 0 atom stereocenters. The number of primary amides is 1. The molecule has 1 aliphatic rings. The highest BCUT2D eigenvalue weighted by molar-refractivity contribution is 6.09. The molecule has 3 rings (SSSR count). The van der Waals surface area contributed by atoms with Gasteiger partial charge in [-0.05, 0) is 46.4 Å². The number of fused-ring (bicyclic) bond motifs is 1. The lowest BCUT2D eigenvalue weighted by atomic mass is 9.98. The molecule has 0 fully saturated rings. The van der Waals surface area contributed by atoms with Crippen molar-refractivity contribution in [2.24, 2.45) is 5.73 Å². The Bertz CT molecular complexity index is 942. The first kappa shape index (κ1) is 18.5. The molecule has 1 aliphatic carbocycles. The molecule has 0 heterocycles. The number of aliphatic carboxylic acids is 1. The average Bonchev–Trinajstić information content (AvgIpc) is 2.93. The summed E-state index contributed by atoms with van der Waals surface area (Å²) < 4.78 is 5.50. The quantitative estimate of drug-likeness (QED) is 0.784. The SMILES string of the molecule is CCC1=C(CC(N)=O)c2c(OCC(=O)O)cccc2/C1=C\c1ccccc1. The minimum atomic E-state index is -1.05. The Kier molecular flexibility index (Phi) is 5.41. The van der Waals surface area contributed by atoms with E-state index in [4.69, 9.17) is 15.6 Å². The minimum Gasteiger partial charge on any atom is -0.481 e. The van der Waals surface area contributed by atoms with Gasteiger partial charge in [0.25, 0.3) is 0 Å². The maximum atomic E-state index is 11.7. The number of ether oxygens (including phenoxy) is 1. The predicted octanol–water partition coefficient (Wildman–Crippen LogP) is 3.74. The van der Waals surface area contributed by atoms with E-state index in [1.165, 1.54) is 0 Å². The summed E-state index contributed by atoms with van der Waals surface area (Å²) >= 11 is 0. The van der Waals surface area contributed by atoms with E-state index in [2.05, 4.69) is 6.08 Å². The summed E-state index contributed by atoms with van der Waals surface area (Å²) in [6.07, 6.45) is 2.87. The van der Waals surface area contributed by atoms with Crippen molar-refractivity contribution in [2.45, 2.75) is 19.8 Å². The first-order chi connectivity index (χ1) is 13.0. The van der Waals surface area contributed by atoms with Crippen LogP contribution in [0.2, 0.25) is 0 Å². The molecule has 5 heteroatoms. The number of hydrogen-bond acceptors (Lipinski definition) is 3. The zero-order valence-electron chi connectivity index (χ0n) is 15.1. The normalized spacial score (nSPS) is 14.3. The Labute approximate surface area is 157 Å². The summed E-state index contributed by atoms with van der Waals surface area (Å²) in [6, 6.07) is 15.4. The summed E-state index contributed by atoms with van der Waals surface area (Å²) in [7, 11) is 0. The van der Waals surface area contributed by atoms with Crippen LogP contribution in [0.25, 0.3) is 17.2 Å². The molecule has 2 aromatic carbocycles. The zero-order valence-corrected chi connectivity index (χ0v) is 15.1. The van der Waals surface area contributed by atoms with Crippen LogP contribution in [-0.2, 0) is 9.59 Å². The largest absolute Gasteiger partial charge is 0.481 e. The second-order valence-corrected chi connectivity index (χ2v) is 6.28. The average molecular weight is 363 g/mol. The van der Waals surface area contributed by atoms with Crippen LogP contribution < -0.4 is 10.5 Å². The summed E-state index contributed by atoms with van der Waals surface area (Å²) in [5.41, 5.74) is 11.1. The third kappa shape index (κ3) is 3.92. The van der Waals surface area contributed by atoms with Crippen molar-refractivity contribution in [3.8, 4) is 5.75 Å². The van der Waals surface area contributed by atoms with Gasteiger partial charge in [0.2, 0.25) is 5.91 Å². The van der Waals surface area contributed by atoms with Crippen molar-refractivity contribution in [3.05, 3.63) is 70.8 Å². The lowest BCUT2D eigenvalue weighted by molar-refractivity contribution is -0.139. The smallest absolute Gasteiger partial charge is 0.341 e. The van der Waals surface area contributed by atoms with E-state index in [9.17, 15) is 9.59 Å². The Hall–Kier alpha value is -3.34. The van der Waals surface area contributed by atoms with E-state index in [1.807, 2.05) is 49.4 Å². The third-order valence-corrected chi connectivity index (χ3v) is 4.47. The molecule has 0 unspecified atom stereocenters. The number of hydrogen-bond donors (Lipinski definition) is 2. The van der Waals surface area contributed by atoms with Crippen LogP contribution in [0, 0.1) is 0 Å². The van der Waals surface area contributed by atoms with E-state index in [0.717, 1.165) is 33.4 Å². The minimum absolute atomic E-state index is 0.0791. The monoisotopic (exact) mass is 363 g/mol. The topological polar surface area (TPSA) is 89.6 Å². The molecule has 0 aliphatic heterocycles. The van der Waals surface area contributed by atoms with Gasteiger partial charge in [0.1, 0.15) is 5.75 Å². The van der Waals surface area contributed by atoms with Crippen molar-refractivity contribution in [2.75, 3.05) is 6.61 Å². The number of carbonyl (C=O) groups excluding carboxylic acids is 1. The lowest BCUT2D eigenvalue weighted by Gasteiger charge is -2.12. The first-order valence-electron chi connectivity index (χ1n) is 8.77. The Morgan fingerprint density at radius 1 is 1.07 bits per heavy atom. The van der Waals surface area contributed by atoms with Gasteiger partial charge in [-0.3, -0.25) is 4.79 Å². The van der Waals surface area contributed by atoms with E-state index >= 15 is 0 Å². The molecule has 0 spiro atoms. The van der Waals surface area contributed by atoms with Gasteiger partial charge in [-0.2, -0.15) is 0 Å². The van der Waals surface area contributed by atoms with Gasteiger partial charge in [-0.15, -0.1) is 0 Å². The van der Waals surface area contributed by atoms with Crippen LogP contribution in [0.4, 0.5) is 0 Å². The van der Waals surface area contributed by atoms with Crippen LogP contribution in [0.5, 0.6) is 5.75 Å². The molecule has 0 saturated carbocycles. The number of carbonyl (C=O) groups is 2. The van der Waals surface area contributed by atoms with Crippen molar-refractivity contribution < 1.29 is 19.4 Å². The fraction of sp³-hybridized carbons (Fsp3) is 0.182. The molecule has 138 valence electrons. The van der Waals surface area contributed by atoms with Crippen molar-refractivity contribution >= 4 is 29.1 Å². The molecule has 0 bridgehead atoms. The van der Waals surface area contributed by atoms with Gasteiger partial charge in [0.15, 0.2) is 6.61 Å². The molecule has 1 amide bonds. The van der Waals surface area contributed by atoms with E-state index in [1.54, 1.807) is 6.07 Å². The second-order valence-electron chi connectivity index (χ2n) is 6.28. The lowest BCUT2D eigenvalue weighted by Crippen LogP contribution is -2.13. The van der Waals surface area contributed by atoms with Crippen molar-refractivity contribution in [1.82, 2.24) is 0 Å². The van der Waals surface area contributed by atoms with Gasteiger partial charge in [0.05, 0.1) is 6.42 Å². The molecule has 27 heavy (non-hydrogen) atoms. The van der Waals surface area contributed by atoms with Crippen LogP contribution >= 0.6 is 0 Å². The predicted molar refractivity (Wildman–Crippen MR) is 105 cm³/mol. The highest BCUT2D eigenvalue weighted by Crippen LogP contribution is 2.48. The number of amides is 1. The maximum absolute atomic E-state index is 11.7. The molecule has 2 aromatic rings. The van der Waals surface area contributed by atoms with Crippen molar-refractivity contribution in [3.63, 3.8) is 0 Å². The number of nitrogens with two attached hydrogens (primary N) is 1. The number of rotatable bonds is 7. The third-order valence-electron chi connectivity index (χ3n) is 4.47. The Morgan fingerprint density at radius 2 is 1.81 bits per heavy atom. The summed E-state index contributed by atoms with van der Waals surface area (Å²) in [6.45, 7) is 1.58. The van der Waals surface area contributed by atoms with Crippen molar-refractivity contribution in [1.29, 1.82) is 0 Å². The van der Waals surface area contributed by atoms with Gasteiger partial charge in [-0.1, -0.05) is 49.4 Å². The highest BCUT2D eigenvalue weighted by Gasteiger charge is 2.29. The van der Waals surface area contributed by atoms with Gasteiger partial charge in [0, 0.05) is 5.56 Å². The van der Waals surface area contributed by atoms with Gasteiger partial charge in [-0.25, -0.2) is 4.79 Å². The van der Waals surface area contributed by atoms with E-state index in [-0.39, 0.29) is 6.42 Å². The summed E-state index contributed by atoms with van der Waals surface area (Å²) in [4.78, 5) is 22.6. The standard InChI is InChI=1S/C22H21NO4/c1-2-15-17(11-14-7-4-3-5-8-14)16-9-6-10-19(27-13-21(25)26)22(16)18(15)12-20(23)24/h3-11H,2,12-13H2,1H3,(H2,23,24)(H,25,26)/b17-11-. The zero-order chi connectivity index (χ0) is 19.4. The highest BCUT2D eigenvalue weighted by atomic mass is 16.5. The maximum Gasteiger partial charge on any atom is 0.341 e. The molecular weight excluding hydrogens is 342 g/mol. The summed E-state index contributed by atoms with van der Waals surface area (Å²) in [5, 5.41) is 8.96. The fourth-order valence-corrected chi connectivity index (χ4v) is 3.46. The Morgan fingerprint density at radius 3 is 2.44 bits per heavy atom. The molecule has 0 saturated heterocycles. The summed E-state index contributed by atoms with van der Waals surface area (Å²) in [5.74, 6) is -1.04. The number of allylic oxidation sites excluding steroid dienone is 2. The molecule has 0 radical (unpaired) electrons. The number of benzene rings is 2. The van der Waals surface area contributed by atoms with Gasteiger partial charge >= 0.3 is 5.97 Å². The van der Waals surface area contributed by atoms with E-state index < -0.39 is 18.5 Å².